The fourth-order valence-electron chi connectivity index (χ4n) is 3.03. The molecule has 4 rings (SSSR count). The lowest BCUT2D eigenvalue weighted by molar-refractivity contribution is -0.132. The lowest BCUT2D eigenvalue weighted by atomic mass is 9.79. The molecule has 2 nitrogen and oxygen atoms in total. The lowest BCUT2D eigenvalue weighted by Gasteiger charge is -2.44. The maximum atomic E-state index is 11.7. The van der Waals surface area contributed by atoms with Crippen LogP contribution in [0.2, 0.25) is 5.02 Å². The summed E-state index contributed by atoms with van der Waals surface area (Å²) in [5, 5.41) is 0.834. The summed E-state index contributed by atoms with van der Waals surface area (Å²) < 4.78 is 0. The van der Waals surface area contributed by atoms with E-state index in [1.54, 1.807) is 0 Å². The third-order valence-corrected chi connectivity index (χ3v) is 4.41. The Kier molecular flexibility index (Phi) is 2.93. The van der Waals surface area contributed by atoms with Gasteiger partial charge in [-0.3, -0.25) is 9.69 Å². The molecular weight excluding hydrogens is 234 g/mol. The van der Waals surface area contributed by atoms with Gasteiger partial charge in [0.25, 0.3) is 0 Å². The molecule has 0 spiro atoms. The van der Waals surface area contributed by atoms with Crippen LogP contribution in [-0.2, 0) is 11.3 Å². The van der Waals surface area contributed by atoms with E-state index in [1.807, 2.05) is 18.2 Å². The number of halogens is 1. The highest BCUT2D eigenvalue weighted by Gasteiger charge is 2.39. The van der Waals surface area contributed by atoms with Gasteiger partial charge in [-0.05, 0) is 24.5 Å². The molecule has 0 amide bonds. The largest absolute Gasteiger partial charge is 0.299 e. The number of carbonyl (C=O) groups is 1. The number of fused-ring (bicyclic) bond motifs is 3. The predicted molar refractivity (Wildman–Crippen MR) is 68.0 cm³/mol. The first-order valence-electron chi connectivity index (χ1n) is 6.24. The summed E-state index contributed by atoms with van der Waals surface area (Å²) in [6.45, 7) is 1.81. The minimum absolute atomic E-state index is 0.280. The van der Waals surface area contributed by atoms with Crippen molar-refractivity contribution in [2.45, 2.75) is 31.8 Å². The molecule has 2 atom stereocenters. The summed E-state index contributed by atoms with van der Waals surface area (Å²) in [6.07, 6.45) is 3.00. The molecule has 1 aliphatic carbocycles. The van der Waals surface area contributed by atoms with Gasteiger partial charge in [-0.1, -0.05) is 29.8 Å². The van der Waals surface area contributed by atoms with Crippen LogP contribution in [0.5, 0.6) is 0 Å². The van der Waals surface area contributed by atoms with Gasteiger partial charge in [0.05, 0.1) is 0 Å². The highest BCUT2D eigenvalue weighted by atomic mass is 35.5. The number of nitrogens with zero attached hydrogens (tertiary/aromatic N) is 1. The van der Waals surface area contributed by atoms with Gasteiger partial charge in [-0.25, -0.2) is 0 Å². The molecule has 3 fully saturated rings. The maximum absolute atomic E-state index is 11.7. The fourth-order valence-corrected chi connectivity index (χ4v) is 3.23. The first kappa shape index (κ1) is 11.2. The Hall–Kier alpha value is -0.860. The summed E-state index contributed by atoms with van der Waals surface area (Å²) in [5.74, 6) is 0.749. The van der Waals surface area contributed by atoms with Gasteiger partial charge in [-0.2, -0.15) is 0 Å². The molecule has 2 unspecified atom stereocenters. The summed E-state index contributed by atoms with van der Waals surface area (Å²) in [7, 11) is 0. The average molecular weight is 250 g/mol. The van der Waals surface area contributed by atoms with Gasteiger partial charge in [0.1, 0.15) is 5.78 Å². The minimum atomic E-state index is 0.280. The number of carbonyl (C=O) groups excluding carboxylic acids is 1. The van der Waals surface area contributed by atoms with Gasteiger partial charge in [0, 0.05) is 36.5 Å². The van der Waals surface area contributed by atoms with E-state index < -0.39 is 0 Å². The van der Waals surface area contributed by atoms with Crippen LogP contribution >= 0.6 is 11.6 Å². The van der Waals surface area contributed by atoms with Crippen molar-refractivity contribution in [3.05, 3.63) is 34.9 Å². The number of benzene rings is 1. The topological polar surface area (TPSA) is 20.3 Å². The Morgan fingerprint density at radius 1 is 1.29 bits per heavy atom. The number of hydrogen-bond donors (Lipinski definition) is 0. The summed E-state index contributed by atoms with van der Waals surface area (Å²) in [5.41, 5.74) is 1.18. The zero-order chi connectivity index (χ0) is 11.8. The van der Waals surface area contributed by atoms with E-state index in [9.17, 15) is 4.79 Å². The van der Waals surface area contributed by atoms with E-state index in [4.69, 9.17) is 11.6 Å². The Balaban J connectivity index is 1.75. The van der Waals surface area contributed by atoms with Crippen molar-refractivity contribution >= 4 is 17.4 Å². The predicted octanol–water partition coefficient (Wildman–Crippen LogP) is 2.89. The summed E-state index contributed by atoms with van der Waals surface area (Å²) in [6, 6.07) is 8.44. The van der Waals surface area contributed by atoms with Crippen LogP contribution in [0.1, 0.15) is 24.8 Å². The molecule has 1 saturated carbocycles. The molecule has 0 radical (unpaired) electrons. The molecule has 17 heavy (non-hydrogen) atoms. The fraction of sp³-hybridized carbons (Fsp3) is 0.500. The standard InChI is InChI=1S/C14H16ClNO/c15-13-4-2-1-3-10(13)8-16-9-11-5-6-12(16)7-14(11)17/h1-4,11-12H,5-9H2. The first-order valence-corrected chi connectivity index (χ1v) is 6.62. The normalized spacial score (nSPS) is 28.6. The highest BCUT2D eigenvalue weighted by molar-refractivity contribution is 6.31. The van der Waals surface area contributed by atoms with E-state index in [0.717, 1.165) is 31.0 Å². The molecule has 2 aliphatic heterocycles. The molecule has 2 bridgehead atoms. The molecule has 2 saturated heterocycles. The summed E-state index contributed by atoms with van der Waals surface area (Å²) >= 11 is 6.18. The Morgan fingerprint density at radius 2 is 2.12 bits per heavy atom. The van der Waals surface area contributed by atoms with Crippen molar-refractivity contribution in [3.8, 4) is 0 Å². The van der Waals surface area contributed by atoms with Gasteiger partial charge in [-0.15, -0.1) is 0 Å². The molecular formula is C14H16ClNO. The van der Waals surface area contributed by atoms with Gasteiger partial charge in [0.15, 0.2) is 0 Å². The van der Waals surface area contributed by atoms with Crippen LogP contribution < -0.4 is 0 Å². The average Bonchev–Trinajstić information content (AvgIpc) is 2.34. The van der Waals surface area contributed by atoms with Crippen molar-refractivity contribution < 1.29 is 4.79 Å². The number of Topliss-reactive ketones (excluding diaryl/α,β-unsaturated/α-hetero) is 1. The molecule has 0 aromatic heterocycles. The lowest BCUT2D eigenvalue weighted by Crippen LogP contribution is -2.51. The number of hydrogen-bond acceptors (Lipinski definition) is 2. The summed E-state index contributed by atoms with van der Waals surface area (Å²) in [4.78, 5) is 14.1. The maximum Gasteiger partial charge on any atom is 0.138 e. The second-order valence-electron chi connectivity index (χ2n) is 5.12. The van der Waals surface area contributed by atoms with E-state index >= 15 is 0 Å². The highest BCUT2D eigenvalue weighted by Crippen LogP contribution is 2.34. The number of rotatable bonds is 2. The Morgan fingerprint density at radius 3 is 2.76 bits per heavy atom. The van der Waals surface area contributed by atoms with Crippen LogP contribution in [0, 0.1) is 5.92 Å². The number of ketones is 1. The third-order valence-electron chi connectivity index (χ3n) is 4.04. The van der Waals surface area contributed by atoms with Crippen molar-refractivity contribution in [2.24, 2.45) is 5.92 Å². The van der Waals surface area contributed by atoms with Crippen molar-refractivity contribution in [1.82, 2.24) is 4.90 Å². The van der Waals surface area contributed by atoms with Crippen LogP contribution in [0.4, 0.5) is 0 Å². The molecule has 1 aromatic carbocycles. The Labute approximate surface area is 107 Å². The molecule has 90 valence electrons. The SMILES string of the molecule is O=C1CC2CCC1CN2Cc1ccccc1Cl. The zero-order valence-corrected chi connectivity index (χ0v) is 10.5. The molecule has 0 N–H and O–H groups in total. The van der Waals surface area contributed by atoms with E-state index in [-0.39, 0.29) is 5.92 Å². The van der Waals surface area contributed by atoms with Crippen molar-refractivity contribution in [3.63, 3.8) is 0 Å². The molecule has 3 heteroatoms. The van der Waals surface area contributed by atoms with Gasteiger partial charge >= 0.3 is 0 Å². The molecule has 1 aromatic rings. The van der Waals surface area contributed by atoms with E-state index in [1.165, 1.54) is 12.0 Å². The van der Waals surface area contributed by atoms with Crippen molar-refractivity contribution in [2.75, 3.05) is 6.54 Å². The smallest absolute Gasteiger partial charge is 0.138 e. The molecule has 2 heterocycles. The Bertz CT molecular complexity index is 446. The third kappa shape index (κ3) is 2.12. The van der Waals surface area contributed by atoms with Gasteiger partial charge < -0.3 is 0 Å². The first-order chi connectivity index (χ1) is 8.24. The van der Waals surface area contributed by atoms with Crippen molar-refractivity contribution in [1.29, 1.82) is 0 Å². The monoisotopic (exact) mass is 249 g/mol. The second kappa shape index (κ2) is 4.43. The van der Waals surface area contributed by atoms with E-state index in [2.05, 4.69) is 11.0 Å². The quantitative estimate of drug-likeness (QED) is 0.803. The second-order valence-corrected chi connectivity index (χ2v) is 5.53. The van der Waals surface area contributed by atoms with Crippen LogP contribution in [0.3, 0.4) is 0 Å². The molecule has 3 aliphatic rings. The minimum Gasteiger partial charge on any atom is -0.299 e. The van der Waals surface area contributed by atoms with Crippen LogP contribution in [0.25, 0.3) is 0 Å². The van der Waals surface area contributed by atoms with Crippen LogP contribution in [0.15, 0.2) is 24.3 Å². The van der Waals surface area contributed by atoms with Gasteiger partial charge in [0.2, 0.25) is 0 Å². The number of piperidine rings is 2. The van der Waals surface area contributed by atoms with E-state index in [0.29, 0.717) is 11.8 Å². The zero-order valence-electron chi connectivity index (χ0n) is 9.73. The van der Waals surface area contributed by atoms with Crippen LogP contribution in [-0.4, -0.2) is 23.3 Å².